The van der Waals surface area contributed by atoms with E-state index in [2.05, 4.69) is 206 Å². The van der Waals surface area contributed by atoms with Gasteiger partial charge < -0.3 is 4.70 Å². The smallest absolute Gasteiger partial charge is 0.762 e. The van der Waals surface area contributed by atoms with E-state index >= 15 is 0 Å². The van der Waals surface area contributed by atoms with Crippen LogP contribution in [-0.2, 0) is 16.6 Å². The molecule has 7 aromatic carbocycles. The van der Waals surface area contributed by atoms with Crippen molar-refractivity contribution < 1.29 is 53.3 Å². The second-order valence-electron chi connectivity index (χ2n) is 11.2. The first-order valence-corrected chi connectivity index (χ1v) is 19.8. The Balaban J connectivity index is 0.000000282. The Kier molecular flexibility index (Phi) is 24.1. The molecule has 0 atom stereocenters. The van der Waals surface area contributed by atoms with Gasteiger partial charge in [0.25, 0.3) is 0 Å². The van der Waals surface area contributed by atoms with Crippen molar-refractivity contribution in [2.24, 2.45) is 0 Å². The Hall–Kier alpha value is -4.17. The standard InChI is InChI=1S/C19H17S.C19H16S.C9H9.BF3.FH.La/c2*1-4-10-17(11-5-1)16-20(18-12-6-2-7-13-18)19-14-8-3-9-15-19;1-2-6-9-7-4-3-5-8-9;2-1(3)4;;/h1-15H,16H2;1-16H;3-8H,1H3;;1H;/q+1;;-1;;;/p-1. The second kappa shape index (κ2) is 28.3. The van der Waals surface area contributed by atoms with E-state index in [9.17, 15) is 12.9 Å². The molecule has 0 aliphatic rings. The zero-order chi connectivity index (χ0) is 37.4. The minimum atomic E-state index is -3.67. The predicted octanol–water partition coefficient (Wildman–Crippen LogP) is 10.6. The Morgan fingerprint density at radius 1 is 0.491 bits per heavy atom. The van der Waals surface area contributed by atoms with E-state index in [1.807, 2.05) is 31.2 Å². The first-order chi connectivity index (χ1) is 26.0. The molecule has 0 aliphatic heterocycles. The first kappa shape index (κ1) is 47.0. The van der Waals surface area contributed by atoms with E-state index in [-0.39, 0.29) is 61.7 Å². The summed E-state index contributed by atoms with van der Waals surface area (Å²) >= 11 is 0. The normalized spacial score (nSPS) is 9.85. The monoisotopic (exact) mass is 896 g/mol. The van der Waals surface area contributed by atoms with Gasteiger partial charge in [-0.2, -0.15) is 5.56 Å². The average molecular weight is 897 g/mol. The van der Waals surface area contributed by atoms with Crippen molar-refractivity contribution in [2.75, 3.05) is 0 Å². The molecule has 0 heterocycles. The summed E-state index contributed by atoms with van der Waals surface area (Å²) in [6.07, 6.45) is 4.92. The van der Waals surface area contributed by atoms with Gasteiger partial charge in [-0.3, -0.25) is 19.0 Å². The molecule has 0 unspecified atom stereocenters. The molecule has 0 saturated carbocycles. The summed E-state index contributed by atoms with van der Waals surface area (Å²) in [6.45, 7) is 1.90. The van der Waals surface area contributed by atoms with E-state index < -0.39 is 7.54 Å². The molecule has 277 valence electrons. The topological polar surface area (TPSA) is 0 Å². The first-order valence-electron chi connectivity index (χ1n) is 17.1. The molecular weight excluding hydrogens is 854 g/mol. The zero-order valence-corrected chi connectivity index (χ0v) is 35.8. The molecule has 7 aromatic rings. The summed E-state index contributed by atoms with van der Waals surface area (Å²) in [5, 5.41) is 2.35. The fraction of sp³-hybridized carbons (Fsp3) is 0.0426. The van der Waals surface area contributed by atoms with Crippen molar-refractivity contribution in [2.45, 2.75) is 32.3 Å². The van der Waals surface area contributed by atoms with Gasteiger partial charge in [-0.15, -0.1) is 29.5 Å². The maximum atomic E-state index is 9.67. The molecule has 0 amide bonds. The quantitative estimate of drug-likeness (QED) is 0.0469. The van der Waals surface area contributed by atoms with E-state index in [0.29, 0.717) is 0 Å². The van der Waals surface area contributed by atoms with Gasteiger partial charge in [0.05, 0.1) is 10.9 Å². The van der Waals surface area contributed by atoms with Crippen LogP contribution in [0.15, 0.2) is 232 Å². The third-order valence-electron chi connectivity index (χ3n) is 7.37. The Morgan fingerprint density at radius 2 is 0.800 bits per heavy atom. The maximum absolute atomic E-state index is 9.67. The average Bonchev–Trinajstić information content (AvgIpc) is 3.22. The van der Waals surface area contributed by atoms with Gasteiger partial charge in [0.15, 0.2) is 9.79 Å². The number of allylic oxidation sites excluding steroid dienone is 1. The van der Waals surface area contributed by atoms with Gasteiger partial charge in [0.1, 0.15) is 5.75 Å². The van der Waals surface area contributed by atoms with Crippen molar-refractivity contribution in [3.05, 3.63) is 235 Å². The molecule has 0 aliphatic carbocycles. The van der Waals surface area contributed by atoms with Crippen LogP contribution in [-0.4, -0.2) is 12.9 Å². The Morgan fingerprint density at radius 3 is 1.16 bits per heavy atom. The van der Waals surface area contributed by atoms with Crippen LogP contribution in [0.5, 0.6) is 0 Å². The van der Waals surface area contributed by atoms with Crippen LogP contribution in [0, 0.1) is 41.7 Å². The Labute approximate surface area is 358 Å². The second-order valence-corrected chi connectivity index (χ2v) is 15.1. The fourth-order valence-electron chi connectivity index (χ4n) is 5.00. The van der Waals surface area contributed by atoms with Crippen molar-refractivity contribution in [1.82, 2.24) is 0 Å². The third-order valence-corrected chi connectivity index (χ3v) is 11.7. The van der Waals surface area contributed by atoms with Crippen LogP contribution in [0.4, 0.5) is 12.9 Å². The number of hydrogen-bond donors (Lipinski definition) is 0. The summed E-state index contributed by atoms with van der Waals surface area (Å²) in [4.78, 5) is 5.51. The fourth-order valence-corrected chi connectivity index (χ4v) is 8.98. The van der Waals surface area contributed by atoms with Crippen LogP contribution in [0.25, 0.3) is 6.08 Å². The van der Waals surface area contributed by atoms with Crippen molar-refractivity contribution >= 4 is 40.4 Å². The molecule has 0 fully saturated rings. The number of halogens is 4. The van der Waals surface area contributed by atoms with Crippen LogP contribution in [0.1, 0.15) is 23.6 Å². The van der Waals surface area contributed by atoms with E-state index in [0.717, 1.165) is 5.75 Å². The summed E-state index contributed by atoms with van der Waals surface area (Å²) < 4.78 is 29.0. The Bertz CT molecular complexity index is 1940. The number of rotatable bonds is 8. The van der Waals surface area contributed by atoms with E-state index in [4.69, 9.17) is 0 Å². The molecular formula is C47H42BF4LaS2-. The van der Waals surface area contributed by atoms with Gasteiger partial charge >= 0.3 is 7.54 Å². The molecule has 55 heavy (non-hydrogen) atoms. The summed E-state index contributed by atoms with van der Waals surface area (Å²) in [5.41, 5.74) is 3.87. The van der Waals surface area contributed by atoms with Crippen molar-refractivity contribution in [3.63, 3.8) is 0 Å². The molecule has 0 saturated heterocycles. The molecule has 0 bridgehead atoms. The largest absolute Gasteiger partial charge is 1.00 e. The minimum Gasteiger partial charge on any atom is -1.00 e. The predicted molar refractivity (Wildman–Crippen MR) is 224 cm³/mol. The molecule has 0 N–H and O–H groups in total. The van der Waals surface area contributed by atoms with Crippen LogP contribution < -0.4 is 4.70 Å². The van der Waals surface area contributed by atoms with Gasteiger partial charge in [-0.05, 0) is 59.5 Å². The van der Waals surface area contributed by atoms with Crippen LogP contribution in [0.2, 0.25) is 0 Å². The molecule has 0 spiro atoms. The van der Waals surface area contributed by atoms with E-state index in [1.54, 1.807) is 0 Å². The summed E-state index contributed by atoms with van der Waals surface area (Å²) in [7, 11) is -3.60. The molecule has 0 aromatic heterocycles. The van der Waals surface area contributed by atoms with Gasteiger partial charge in [-0.25, -0.2) is 6.08 Å². The molecule has 0 nitrogen and oxygen atoms in total. The maximum Gasteiger partial charge on any atom is 0.762 e. The van der Waals surface area contributed by atoms with Gasteiger partial charge in [-0.1, -0.05) is 152 Å². The molecule has 1 radical (unpaired) electrons. The molecule has 7 rings (SSSR count). The SMILES string of the molecule is C(c1ccccc1)=S(c1ccccc1)c1ccccc1.C[C-]=Cc1ccccc1.FB(F)F.[F-].[La].c1ccc(C[S+](c2ccccc2)c2ccccc2)cc1. The summed E-state index contributed by atoms with van der Waals surface area (Å²) in [5.74, 6) is 1.06. The number of hydrogen-bond acceptors (Lipinski definition) is 0. The minimum absolute atomic E-state index is 0. The van der Waals surface area contributed by atoms with Crippen LogP contribution in [0.3, 0.4) is 0 Å². The van der Waals surface area contributed by atoms with Gasteiger partial charge in [0, 0.05) is 51.0 Å². The third kappa shape index (κ3) is 18.3. The van der Waals surface area contributed by atoms with Crippen molar-refractivity contribution in [3.8, 4) is 0 Å². The zero-order valence-electron chi connectivity index (χ0n) is 30.6. The molecule has 8 heteroatoms. The van der Waals surface area contributed by atoms with Gasteiger partial charge in [0.2, 0.25) is 0 Å². The summed E-state index contributed by atoms with van der Waals surface area (Å²) in [6, 6.07) is 74.4. The van der Waals surface area contributed by atoms with E-state index in [1.165, 1.54) is 36.3 Å². The van der Waals surface area contributed by atoms with Crippen molar-refractivity contribution in [1.29, 1.82) is 0 Å². The van der Waals surface area contributed by atoms with Crippen LogP contribution >= 0.6 is 10.5 Å². The number of benzene rings is 7.